The monoisotopic (exact) mass is 298 g/mol. The molecule has 2 N–H and O–H groups in total. The van der Waals surface area contributed by atoms with Gasteiger partial charge in [-0.05, 0) is 44.5 Å². The zero-order valence-corrected chi connectivity index (χ0v) is 13.3. The van der Waals surface area contributed by atoms with Crippen molar-refractivity contribution in [1.29, 1.82) is 0 Å². The zero-order valence-electron chi connectivity index (χ0n) is 13.3. The second-order valence-corrected chi connectivity index (χ2v) is 4.87. The van der Waals surface area contributed by atoms with Gasteiger partial charge in [-0.1, -0.05) is 0 Å². The van der Waals surface area contributed by atoms with Crippen LogP contribution in [0.2, 0.25) is 0 Å². The van der Waals surface area contributed by atoms with Gasteiger partial charge in [0.15, 0.2) is 0 Å². The van der Waals surface area contributed by atoms with Gasteiger partial charge in [-0.2, -0.15) is 0 Å². The van der Waals surface area contributed by atoms with E-state index in [2.05, 4.69) is 4.90 Å². The second-order valence-electron chi connectivity index (χ2n) is 4.87. The van der Waals surface area contributed by atoms with Gasteiger partial charge in [0.25, 0.3) is 0 Å². The molecule has 5 heteroatoms. The normalized spacial score (nSPS) is 12.4. The molecule has 1 atom stereocenters. The van der Waals surface area contributed by atoms with E-state index in [-0.39, 0.29) is 11.9 Å². The Hall–Kier alpha value is -1.17. The Kier molecular flexibility index (Phi) is 8.27. The van der Waals surface area contributed by atoms with Gasteiger partial charge < -0.3 is 20.1 Å². The Morgan fingerprint density at radius 2 is 1.71 bits per heavy atom. The predicted molar refractivity (Wildman–Crippen MR) is 84.2 cm³/mol. The molecule has 1 aromatic rings. The average molecular weight is 298 g/mol. The first-order chi connectivity index (χ1) is 10.1. The van der Waals surface area contributed by atoms with Crippen molar-refractivity contribution in [2.24, 2.45) is 5.73 Å². The fraction of sp³-hybridized carbons (Fsp3) is 0.625. The quantitative estimate of drug-likeness (QED) is 0.675. The van der Waals surface area contributed by atoms with E-state index in [1.807, 2.05) is 20.8 Å². The average Bonchev–Trinajstić information content (AvgIpc) is 2.46. The van der Waals surface area contributed by atoms with E-state index >= 15 is 0 Å². The number of ether oxygens (including phenoxy) is 2. The van der Waals surface area contributed by atoms with Gasteiger partial charge in [-0.25, -0.2) is 4.39 Å². The summed E-state index contributed by atoms with van der Waals surface area (Å²) in [6, 6.07) is 4.54. The Bertz CT molecular complexity index is 403. The summed E-state index contributed by atoms with van der Waals surface area (Å²) < 4.78 is 24.3. The second kappa shape index (κ2) is 9.71. The van der Waals surface area contributed by atoms with Crippen LogP contribution in [0.3, 0.4) is 0 Å². The Balaban J connectivity index is 2.89. The molecule has 0 heterocycles. The van der Waals surface area contributed by atoms with Crippen molar-refractivity contribution in [3.63, 3.8) is 0 Å². The topological polar surface area (TPSA) is 47.7 Å². The molecule has 0 spiro atoms. The van der Waals surface area contributed by atoms with Crippen molar-refractivity contribution < 1.29 is 13.9 Å². The van der Waals surface area contributed by atoms with Crippen LogP contribution in [-0.2, 0) is 9.47 Å². The fourth-order valence-electron chi connectivity index (χ4n) is 2.17. The molecular weight excluding hydrogens is 271 g/mol. The molecule has 1 aromatic carbocycles. The lowest BCUT2D eigenvalue weighted by Crippen LogP contribution is -2.32. The number of rotatable bonds is 10. The van der Waals surface area contributed by atoms with Gasteiger partial charge in [0.2, 0.25) is 0 Å². The van der Waals surface area contributed by atoms with Gasteiger partial charge in [-0.3, -0.25) is 0 Å². The summed E-state index contributed by atoms with van der Waals surface area (Å²) in [5, 5.41) is 0. The predicted octanol–water partition coefficient (Wildman–Crippen LogP) is 2.72. The zero-order chi connectivity index (χ0) is 15.7. The maximum atomic E-state index is 13.5. The third-order valence-electron chi connectivity index (χ3n) is 3.24. The molecule has 0 aliphatic heterocycles. The van der Waals surface area contributed by atoms with Gasteiger partial charge >= 0.3 is 0 Å². The molecule has 0 aliphatic rings. The summed E-state index contributed by atoms with van der Waals surface area (Å²) in [5.41, 5.74) is 7.73. The van der Waals surface area contributed by atoms with Gasteiger partial charge in [0, 0.05) is 38.0 Å². The summed E-state index contributed by atoms with van der Waals surface area (Å²) in [5.74, 6) is -0.263. The Labute approximate surface area is 127 Å². The van der Waals surface area contributed by atoms with E-state index < -0.39 is 0 Å². The number of hydrogen-bond donors (Lipinski definition) is 1. The maximum Gasteiger partial charge on any atom is 0.123 e. The number of halogens is 1. The minimum Gasteiger partial charge on any atom is -0.380 e. The minimum atomic E-state index is -0.263. The SMILES string of the molecule is CCOCCN(CCOCC)c1ccc(F)cc1[C@H](C)N. The highest BCUT2D eigenvalue weighted by Crippen LogP contribution is 2.26. The summed E-state index contributed by atoms with van der Waals surface area (Å²) in [4.78, 5) is 2.14. The molecule has 0 unspecified atom stereocenters. The highest BCUT2D eigenvalue weighted by atomic mass is 19.1. The number of anilines is 1. The molecule has 0 amide bonds. The smallest absolute Gasteiger partial charge is 0.123 e. The van der Waals surface area contributed by atoms with Crippen LogP contribution in [-0.4, -0.2) is 39.5 Å². The maximum absolute atomic E-state index is 13.5. The molecule has 0 bridgehead atoms. The lowest BCUT2D eigenvalue weighted by Gasteiger charge is -2.28. The minimum absolute atomic E-state index is 0.225. The lowest BCUT2D eigenvalue weighted by molar-refractivity contribution is 0.141. The highest BCUT2D eigenvalue weighted by molar-refractivity contribution is 5.55. The molecule has 21 heavy (non-hydrogen) atoms. The number of hydrogen-bond acceptors (Lipinski definition) is 4. The largest absolute Gasteiger partial charge is 0.380 e. The van der Waals surface area contributed by atoms with Crippen molar-refractivity contribution in [2.45, 2.75) is 26.8 Å². The molecule has 0 radical (unpaired) electrons. The number of nitrogens with zero attached hydrogens (tertiary/aromatic N) is 1. The molecule has 0 fully saturated rings. The molecular formula is C16H27FN2O2. The first-order valence-corrected chi connectivity index (χ1v) is 7.55. The van der Waals surface area contributed by atoms with E-state index in [4.69, 9.17) is 15.2 Å². The third-order valence-corrected chi connectivity index (χ3v) is 3.24. The molecule has 0 aliphatic carbocycles. The Morgan fingerprint density at radius 1 is 1.14 bits per heavy atom. The van der Waals surface area contributed by atoms with Crippen LogP contribution >= 0.6 is 0 Å². The van der Waals surface area contributed by atoms with Gasteiger partial charge in [-0.15, -0.1) is 0 Å². The van der Waals surface area contributed by atoms with Crippen LogP contribution in [0.5, 0.6) is 0 Å². The van der Waals surface area contributed by atoms with E-state index in [1.54, 1.807) is 6.07 Å². The van der Waals surface area contributed by atoms with Crippen LogP contribution < -0.4 is 10.6 Å². The van der Waals surface area contributed by atoms with E-state index in [9.17, 15) is 4.39 Å². The molecule has 0 saturated heterocycles. The first-order valence-electron chi connectivity index (χ1n) is 7.55. The van der Waals surface area contributed by atoms with Crippen molar-refractivity contribution in [2.75, 3.05) is 44.4 Å². The van der Waals surface area contributed by atoms with E-state index in [0.29, 0.717) is 26.4 Å². The summed E-state index contributed by atoms with van der Waals surface area (Å²) in [6.45, 7) is 9.87. The number of benzene rings is 1. The highest BCUT2D eigenvalue weighted by Gasteiger charge is 2.14. The first kappa shape index (κ1) is 17.9. The standard InChI is InChI=1S/C16H27FN2O2/c1-4-20-10-8-19(9-11-21-5-2)16-7-6-14(17)12-15(16)13(3)18/h6-7,12-13H,4-5,8-11,18H2,1-3H3/t13-/m0/s1. The molecule has 0 saturated carbocycles. The van der Waals surface area contributed by atoms with Crippen LogP contribution in [0.4, 0.5) is 10.1 Å². The lowest BCUT2D eigenvalue weighted by atomic mass is 10.1. The number of nitrogens with two attached hydrogens (primary N) is 1. The van der Waals surface area contributed by atoms with Crippen LogP contribution in [0.1, 0.15) is 32.4 Å². The molecule has 1 rings (SSSR count). The van der Waals surface area contributed by atoms with Crippen molar-refractivity contribution >= 4 is 5.69 Å². The fourth-order valence-corrected chi connectivity index (χ4v) is 2.17. The molecule has 4 nitrogen and oxygen atoms in total. The van der Waals surface area contributed by atoms with Gasteiger partial charge in [0.05, 0.1) is 13.2 Å². The van der Waals surface area contributed by atoms with E-state index in [1.165, 1.54) is 12.1 Å². The molecule has 0 aromatic heterocycles. The molecule has 120 valence electrons. The summed E-state index contributed by atoms with van der Waals surface area (Å²) >= 11 is 0. The van der Waals surface area contributed by atoms with Crippen LogP contribution in [0.15, 0.2) is 18.2 Å². The van der Waals surface area contributed by atoms with Crippen LogP contribution in [0, 0.1) is 5.82 Å². The van der Waals surface area contributed by atoms with Crippen molar-refractivity contribution in [1.82, 2.24) is 0 Å². The van der Waals surface area contributed by atoms with Gasteiger partial charge in [0.1, 0.15) is 5.82 Å². The van der Waals surface area contributed by atoms with Crippen LogP contribution in [0.25, 0.3) is 0 Å². The van der Waals surface area contributed by atoms with Crippen molar-refractivity contribution in [3.8, 4) is 0 Å². The summed E-state index contributed by atoms with van der Waals surface area (Å²) in [7, 11) is 0. The third kappa shape index (κ3) is 5.99. The van der Waals surface area contributed by atoms with Crippen molar-refractivity contribution in [3.05, 3.63) is 29.6 Å². The van der Waals surface area contributed by atoms with E-state index in [0.717, 1.165) is 24.3 Å². The Morgan fingerprint density at radius 3 is 2.19 bits per heavy atom. The summed E-state index contributed by atoms with van der Waals surface area (Å²) in [6.07, 6.45) is 0.